The summed E-state index contributed by atoms with van der Waals surface area (Å²) in [5.74, 6) is -0.773. The van der Waals surface area contributed by atoms with Gasteiger partial charge in [-0.05, 0) is 40.2 Å². The normalized spacial score (nSPS) is 11.1. The maximum absolute atomic E-state index is 11.3. The van der Waals surface area contributed by atoms with Gasteiger partial charge in [-0.25, -0.2) is 18.5 Å². The van der Waals surface area contributed by atoms with Crippen molar-refractivity contribution in [1.29, 1.82) is 0 Å². The first-order valence-corrected chi connectivity index (χ1v) is 10.7. The number of nitrogens with zero attached hydrogens (tertiary/aromatic N) is 2. The monoisotopic (exact) mass is 502 g/mol. The predicted molar refractivity (Wildman–Crippen MR) is 109 cm³/mol. The SMILES string of the molecule is CC(=O)OCC(COC(C)=O)Oc1nc(Nc2ccc(S(N)(=O)=O)cc2)ncc1Br. The molecule has 1 heterocycles. The van der Waals surface area contributed by atoms with Crippen molar-refractivity contribution in [3.05, 3.63) is 34.9 Å². The number of rotatable bonds is 9. The highest BCUT2D eigenvalue weighted by Crippen LogP contribution is 2.25. The van der Waals surface area contributed by atoms with Crippen LogP contribution in [0.25, 0.3) is 0 Å². The summed E-state index contributed by atoms with van der Waals surface area (Å²) >= 11 is 3.26. The van der Waals surface area contributed by atoms with Crippen molar-refractivity contribution in [3.63, 3.8) is 0 Å². The van der Waals surface area contributed by atoms with Gasteiger partial charge in [0.25, 0.3) is 0 Å². The fraction of sp³-hybridized carbons (Fsp3) is 0.294. The number of sulfonamides is 1. The topological polar surface area (TPSA) is 160 Å². The highest BCUT2D eigenvalue weighted by atomic mass is 79.9. The Hall–Kier alpha value is -2.77. The van der Waals surface area contributed by atoms with E-state index in [2.05, 4.69) is 31.2 Å². The number of halogens is 1. The van der Waals surface area contributed by atoms with E-state index < -0.39 is 28.1 Å². The Morgan fingerprint density at radius 2 is 1.70 bits per heavy atom. The van der Waals surface area contributed by atoms with Crippen molar-refractivity contribution < 1.29 is 32.2 Å². The number of primary sulfonamides is 1. The van der Waals surface area contributed by atoms with Crippen LogP contribution < -0.4 is 15.2 Å². The summed E-state index contributed by atoms with van der Waals surface area (Å²) in [7, 11) is -3.80. The fourth-order valence-electron chi connectivity index (χ4n) is 2.05. The average Bonchev–Trinajstić information content (AvgIpc) is 2.66. The predicted octanol–water partition coefficient (Wildman–Crippen LogP) is 1.50. The number of anilines is 2. The van der Waals surface area contributed by atoms with Crippen LogP contribution in [-0.4, -0.2) is 49.6 Å². The molecule has 2 rings (SSSR count). The van der Waals surface area contributed by atoms with Gasteiger partial charge < -0.3 is 19.5 Å². The minimum Gasteiger partial charge on any atom is -0.466 e. The molecule has 0 bridgehead atoms. The van der Waals surface area contributed by atoms with Gasteiger partial charge >= 0.3 is 11.9 Å². The van der Waals surface area contributed by atoms with Crippen LogP contribution in [0.15, 0.2) is 39.8 Å². The van der Waals surface area contributed by atoms with Gasteiger partial charge in [-0.1, -0.05) is 0 Å². The molecular formula is C17H19BrN4O7S. The van der Waals surface area contributed by atoms with Gasteiger partial charge in [-0.3, -0.25) is 9.59 Å². The quantitative estimate of drug-likeness (QED) is 0.480. The summed E-state index contributed by atoms with van der Waals surface area (Å²) in [4.78, 5) is 30.4. The van der Waals surface area contributed by atoms with E-state index in [1.54, 1.807) is 0 Å². The van der Waals surface area contributed by atoms with Crippen LogP contribution in [0, 0.1) is 0 Å². The van der Waals surface area contributed by atoms with Gasteiger partial charge in [0.1, 0.15) is 13.2 Å². The van der Waals surface area contributed by atoms with Crippen LogP contribution in [0.2, 0.25) is 0 Å². The number of carbonyl (C=O) groups excluding carboxylic acids is 2. The number of aromatic nitrogens is 2. The Balaban J connectivity index is 2.15. The number of hydrogen-bond acceptors (Lipinski definition) is 10. The van der Waals surface area contributed by atoms with E-state index >= 15 is 0 Å². The fourth-order valence-corrected chi connectivity index (χ4v) is 2.85. The van der Waals surface area contributed by atoms with Crippen molar-refractivity contribution >= 4 is 49.5 Å². The van der Waals surface area contributed by atoms with Gasteiger partial charge in [0.2, 0.25) is 21.9 Å². The van der Waals surface area contributed by atoms with Crippen molar-refractivity contribution in [2.75, 3.05) is 18.5 Å². The lowest BCUT2D eigenvalue weighted by atomic mass is 10.3. The molecule has 0 aliphatic heterocycles. The molecule has 162 valence electrons. The van der Waals surface area contributed by atoms with Crippen LogP contribution in [0.3, 0.4) is 0 Å². The number of nitrogens with one attached hydrogen (secondary N) is 1. The molecule has 0 spiro atoms. The van der Waals surface area contributed by atoms with Crippen molar-refractivity contribution in [1.82, 2.24) is 9.97 Å². The minimum atomic E-state index is -3.80. The maximum Gasteiger partial charge on any atom is 0.302 e. The summed E-state index contributed by atoms with van der Waals surface area (Å²) in [5, 5.41) is 7.97. The largest absolute Gasteiger partial charge is 0.466 e. The first kappa shape index (κ1) is 23.5. The first-order chi connectivity index (χ1) is 14.0. The molecule has 30 heavy (non-hydrogen) atoms. The number of carbonyl (C=O) groups is 2. The van der Waals surface area contributed by atoms with E-state index in [4.69, 9.17) is 19.3 Å². The zero-order valence-corrected chi connectivity index (χ0v) is 18.4. The summed E-state index contributed by atoms with van der Waals surface area (Å²) in [6.45, 7) is 2.17. The van der Waals surface area contributed by atoms with E-state index in [1.807, 2.05) is 0 Å². The van der Waals surface area contributed by atoms with E-state index in [0.29, 0.717) is 10.2 Å². The minimum absolute atomic E-state index is 0.0346. The standard InChI is InChI=1S/C17H19BrN4O7S/c1-10(23)27-8-13(9-28-11(2)24)29-16-15(18)7-20-17(22-16)21-12-3-5-14(6-4-12)30(19,25)26/h3-7,13H,8-9H2,1-2H3,(H2,19,25,26)(H,20,21,22). The highest BCUT2D eigenvalue weighted by molar-refractivity contribution is 9.10. The lowest BCUT2D eigenvalue weighted by molar-refractivity contribution is -0.148. The number of esters is 2. The van der Waals surface area contributed by atoms with Crippen LogP contribution >= 0.6 is 15.9 Å². The Kier molecular flexibility index (Phi) is 8.08. The van der Waals surface area contributed by atoms with Gasteiger partial charge in [0.05, 0.1) is 15.6 Å². The Morgan fingerprint density at radius 1 is 1.13 bits per heavy atom. The summed E-state index contributed by atoms with van der Waals surface area (Å²) in [6, 6.07) is 5.66. The van der Waals surface area contributed by atoms with Gasteiger partial charge in [0, 0.05) is 19.5 Å². The smallest absolute Gasteiger partial charge is 0.302 e. The molecule has 0 unspecified atom stereocenters. The molecule has 1 aromatic heterocycles. The summed E-state index contributed by atoms with van der Waals surface area (Å²) in [5.41, 5.74) is 0.507. The highest BCUT2D eigenvalue weighted by Gasteiger charge is 2.18. The number of benzene rings is 1. The zero-order valence-electron chi connectivity index (χ0n) is 16.0. The zero-order chi connectivity index (χ0) is 22.3. The number of hydrogen-bond donors (Lipinski definition) is 2. The van der Waals surface area contributed by atoms with Crippen molar-refractivity contribution in [2.45, 2.75) is 24.8 Å². The molecule has 0 saturated heterocycles. The van der Waals surface area contributed by atoms with Gasteiger partial charge in [-0.2, -0.15) is 4.98 Å². The molecule has 0 aliphatic carbocycles. The van der Waals surface area contributed by atoms with Crippen LogP contribution in [0.4, 0.5) is 11.6 Å². The van der Waals surface area contributed by atoms with Crippen molar-refractivity contribution in [2.24, 2.45) is 5.14 Å². The molecule has 0 atom stereocenters. The molecule has 3 N–H and O–H groups in total. The lowest BCUT2D eigenvalue weighted by Crippen LogP contribution is -2.31. The third-order valence-electron chi connectivity index (χ3n) is 3.37. The molecule has 0 fully saturated rings. The van der Waals surface area contributed by atoms with E-state index in [0.717, 1.165) is 0 Å². The number of ether oxygens (including phenoxy) is 3. The van der Waals surface area contributed by atoms with E-state index in [-0.39, 0.29) is 29.9 Å². The second kappa shape index (κ2) is 10.3. The lowest BCUT2D eigenvalue weighted by Gasteiger charge is -2.19. The van der Waals surface area contributed by atoms with Gasteiger partial charge in [-0.15, -0.1) is 0 Å². The van der Waals surface area contributed by atoms with Gasteiger partial charge in [0.15, 0.2) is 6.10 Å². The molecule has 0 saturated carbocycles. The molecule has 2 aromatic rings. The molecule has 0 radical (unpaired) electrons. The molecule has 11 nitrogen and oxygen atoms in total. The average molecular weight is 503 g/mol. The Bertz CT molecular complexity index is 997. The Morgan fingerprint density at radius 3 is 2.20 bits per heavy atom. The molecule has 13 heteroatoms. The van der Waals surface area contributed by atoms with E-state index in [9.17, 15) is 18.0 Å². The third kappa shape index (κ3) is 7.57. The third-order valence-corrected chi connectivity index (χ3v) is 4.85. The maximum atomic E-state index is 11.3. The molecule has 0 amide bonds. The summed E-state index contributed by atoms with van der Waals surface area (Å²) < 4.78 is 38.6. The van der Waals surface area contributed by atoms with Crippen LogP contribution in [-0.2, 0) is 29.1 Å². The summed E-state index contributed by atoms with van der Waals surface area (Å²) in [6.07, 6.45) is 0.629. The van der Waals surface area contributed by atoms with Crippen LogP contribution in [0.5, 0.6) is 5.88 Å². The molecular weight excluding hydrogens is 484 g/mol. The molecule has 0 aliphatic rings. The first-order valence-electron chi connectivity index (χ1n) is 8.40. The number of nitrogens with two attached hydrogens (primary N) is 1. The second-order valence-electron chi connectivity index (χ2n) is 5.89. The Labute approximate surface area is 181 Å². The van der Waals surface area contributed by atoms with Crippen molar-refractivity contribution in [3.8, 4) is 5.88 Å². The second-order valence-corrected chi connectivity index (χ2v) is 8.30. The van der Waals surface area contributed by atoms with E-state index in [1.165, 1.54) is 44.3 Å². The molecule has 1 aromatic carbocycles. The van der Waals surface area contributed by atoms with Crippen LogP contribution in [0.1, 0.15) is 13.8 Å².